The Hall–Kier alpha value is -1.47. The Morgan fingerprint density at radius 2 is 1.92 bits per heavy atom. The van der Waals surface area contributed by atoms with Gasteiger partial charge in [0.05, 0.1) is 19.8 Å². The fraction of sp³-hybridized carbons (Fsp3) is 0.824. The van der Waals surface area contributed by atoms with Crippen LogP contribution in [0.1, 0.15) is 38.4 Å². The van der Waals surface area contributed by atoms with Gasteiger partial charge in [0.2, 0.25) is 11.8 Å². The highest BCUT2D eigenvalue weighted by atomic mass is 16.5. The Morgan fingerprint density at radius 1 is 1.21 bits per heavy atom. The molecule has 0 spiro atoms. The molecule has 134 valence electrons. The number of nitrogens with zero attached hydrogens (tertiary/aromatic N) is 4. The van der Waals surface area contributed by atoms with Crippen LogP contribution in [-0.4, -0.2) is 65.2 Å². The zero-order chi connectivity index (χ0) is 16.9. The summed E-state index contributed by atoms with van der Waals surface area (Å²) in [5.41, 5.74) is 0. The van der Waals surface area contributed by atoms with Crippen molar-refractivity contribution in [2.45, 2.75) is 39.7 Å². The first-order valence-corrected chi connectivity index (χ1v) is 9.02. The summed E-state index contributed by atoms with van der Waals surface area (Å²) in [6, 6.07) is 0. The van der Waals surface area contributed by atoms with Crippen LogP contribution >= 0.6 is 0 Å². The molecule has 0 unspecified atom stereocenters. The molecule has 0 radical (unpaired) electrons. The molecule has 2 saturated heterocycles. The average molecular weight is 336 g/mol. The number of aromatic nitrogens is 2. The molecule has 3 heterocycles. The number of hydrogen-bond acceptors (Lipinski definition) is 6. The normalized spacial score (nSPS) is 20.7. The number of amides is 1. The lowest BCUT2D eigenvalue weighted by Crippen LogP contribution is -2.46. The zero-order valence-corrected chi connectivity index (χ0v) is 14.7. The van der Waals surface area contributed by atoms with Crippen LogP contribution < -0.4 is 0 Å². The fourth-order valence-electron chi connectivity index (χ4n) is 3.37. The van der Waals surface area contributed by atoms with Gasteiger partial charge in [0.25, 0.3) is 0 Å². The molecule has 1 aromatic heterocycles. The van der Waals surface area contributed by atoms with Gasteiger partial charge in [-0.15, -0.1) is 0 Å². The molecule has 0 N–H and O–H groups in total. The first kappa shape index (κ1) is 17.4. The second kappa shape index (κ2) is 8.07. The first-order valence-electron chi connectivity index (χ1n) is 9.02. The van der Waals surface area contributed by atoms with Crippen molar-refractivity contribution in [2.75, 3.05) is 39.4 Å². The summed E-state index contributed by atoms with van der Waals surface area (Å²) >= 11 is 0. The molecular formula is C17H28N4O3. The van der Waals surface area contributed by atoms with E-state index in [4.69, 9.17) is 9.26 Å². The number of hydrogen-bond donors (Lipinski definition) is 0. The second-order valence-corrected chi connectivity index (χ2v) is 7.19. The van der Waals surface area contributed by atoms with Crippen LogP contribution in [0.4, 0.5) is 0 Å². The Labute approximate surface area is 143 Å². The molecule has 24 heavy (non-hydrogen) atoms. The largest absolute Gasteiger partial charge is 0.378 e. The third-order valence-corrected chi connectivity index (χ3v) is 4.72. The van der Waals surface area contributed by atoms with Crippen molar-refractivity contribution in [2.24, 2.45) is 11.8 Å². The third-order valence-electron chi connectivity index (χ3n) is 4.72. The van der Waals surface area contributed by atoms with E-state index in [0.29, 0.717) is 37.5 Å². The second-order valence-electron chi connectivity index (χ2n) is 7.19. The topological polar surface area (TPSA) is 71.7 Å². The molecule has 0 atom stereocenters. The van der Waals surface area contributed by atoms with Crippen LogP contribution in [0, 0.1) is 11.8 Å². The Morgan fingerprint density at radius 3 is 2.58 bits per heavy atom. The van der Waals surface area contributed by atoms with E-state index in [2.05, 4.69) is 28.9 Å². The Bertz CT molecular complexity index is 532. The number of morpholine rings is 1. The van der Waals surface area contributed by atoms with Crippen molar-refractivity contribution in [1.82, 2.24) is 19.9 Å². The Balaban J connectivity index is 1.44. The van der Waals surface area contributed by atoms with Gasteiger partial charge in [0, 0.05) is 25.4 Å². The van der Waals surface area contributed by atoms with Crippen LogP contribution in [0.3, 0.4) is 0 Å². The molecule has 3 rings (SSSR count). The highest BCUT2D eigenvalue weighted by Crippen LogP contribution is 2.21. The maximum absolute atomic E-state index is 12.5. The number of carbonyl (C=O) groups is 1. The van der Waals surface area contributed by atoms with E-state index >= 15 is 0 Å². The minimum atomic E-state index is 0.151. The number of piperidine rings is 1. The monoisotopic (exact) mass is 336 g/mol. The molecular weight excluding hydrogens is 308 g/mol. The molecule has 2 aliphatic heterocycles. The SMILES string of the molecule is CC(C)Cc1noc(CN2CCC(C(=O)N3CCOCC3)CC2)n1. The lowest BCUT2D eigenvalue weighted by Gasteiger charge is -2.35. The van der Waals surface area contributed by atoms with E-state index in [-0.39, 0.29) is 5.92 Å². The van der Waals surface area contributed by atoms with E-state index in [9.17, 15) is 4.79 Å². The summed E-state index contributed by atoms with van der Waals surface area (Å²) in [4.78, 5) is 21.3. The molecule has 1 aromatic rings. The van der Waals surface area contributed by atoms with Gasteiger partial charge in [0.15, 0.2) is 5.82 Å². The lowest BCUT2D eigenvalue weighted by atomic mass is 9.95. The van der Waals surface area contributed by atoms with E-state index in [1.54, 1.807) is 0 Å². The molecule has 7 nitrogen and oxygen atoms in total. The summed E-state index contributed by atoms with van der Waals surface area (Å²) in [5.74, 6) is 2.45. The Kier molecular flexibility index (Phi) is 5.84. The summed E-state index contributed by atoms with van der Waals surface area (Å²) in [6.07, 6.45) is 2.66. The molecule has 2 aliphatic rings. The fourth-order valence-corrected chi connectivity index (χ4v) is 3.37. The standard InChI is InChI=1S/C17H28N4O3/c1-13(2)11-15-18-16(24-19-15)12-20-5-3-14(4-6-20)17(22)21-7-9-23-10-8-21/h13-14H,3-12H2,1-2H3. The van der Waals surface area contributed by atoms with Gasteiger partial charge in [-0.2, -0.15) is 4.98 Å². The maximum atomic E-state index is 12.5. The van der Waals surface area contributed by atoms with E-state index < -0.39 is 0 Å². The van der Waals surface area contributed by atoms with Gasteiger partial charge in [-0.05, 0) is 31.8 Å². The van der Waals surface area contributed by atoms with E-state index in [1.165, 1.54) is 0 Å². The highest BCUT2D eigenvalue weighted by molar-refractivity contribution is 5.79. The van der Waals surface area contributed by atoms with Gasteiger partial charge in [-0.25, -0.2) is 0 Å². The van der Waals surface area contributed by atoms with Crippen molar-refractivity contribution in [3.05, 3.63) is 11.7 Å². The van der Waals surface area contributed by atoms with Gasteiger partial charge in [-0.1, -0.05) is 19.0 Å². The quantitative estimate of drug-likeness (QED) is 0.808. The number of likely N-dealkylation sites (tertiary alicyclic amines) is 1. The van der Waals surface area contributed by atoms with Gasteiger partial charge in [-0.3, -0.25) is 9.69 Å². The summed E-state index contributed by atoms with van der Waals surface area (Å²) in [7, 11) is 0. The van der Waals surface area contributed by atoms with Gasteiger partial charge >= 0.3 is 0 Å². The van der Waals surface area contributed by atoms with Crippen molar-refractivity contribution >= 4 is 5.91 Å². The van der Waals surface area contributed by atoms with Crippen molar-refractivity contribution < 1.29 is 14.1 Å². The number of ether oxygens (including phenoxy) is 1. The molecule has 0 saturated carbocycles. The molecule has 0 aliphatic carbocycles. The number of rotatable bonds is 5. The average Bonchev–Trinajstić information content (AvgIpc) is 3.02. The molecule has 2 fully saturated rings. The minimum absolute atomic E-state index is 0.151. The predicted molar refractivity (Wildman–Crippen MR) is 88.2 cm³/mol. The molecule has 7 heteroatoms. The van der Waals surface area contributed by atoms with E-state index in [1.807, 2.05) is 4.90 Å². The van der Waals surface area contributed by atoms with Crippen molar-refractivity contribution in [1.29, 1.82) is 0 Å². The van der Waals surface area contributed by atoms with Crippen LogP contribution in [0.25, 0.3) is 0 Å². The highest BCUT2D eigenvalue weighted by Gasteiger charge is 2.29. The van der Waals surface area contributed by atoms with Crippen molar-refractivity contribution in [3.8, 4) is 0 Å². The van der Waals surface area contributed by atoms with Crippen LogP contribution in [0.15, 0.2) is 4.52 Å². The minimum Gasteiger partial charge on any atom is -0.378 e. The summed E-state index contributed by atoms with van der Waals surface area (Å²) in [5, 5.41) is 4.04. The van der Waals surface area contributed by atoms with Crippen LogP contribution in [0.5, 0.6) is 0 Å². The maximum Gasteiger partial charge on any atom is 0.240 e. The van der Waals surface area contributed by atoms with Crippen LogP contribution in [0.2, 0.25) is 0 Å². The van der Waals surface area contributed by atoms with Crippen molar-refractivity contribution in [3.63, 3.8) is 0 Å². The predicted octanol–water partition coefficient (Wildman–Crippen LogP) is 1.34. The van der Waals surface area contributed by atoms with Crippen LogP contribution in [-0.2, 0) is 22.5 Å². The summed E-state index contributed by atoms with van der Waals surface area (Å²) < 4.78 is 10.7. The first-order chi connectivity index (χ1) is 11.6. The summed E-state index contributed by atoms with van der Waals surface area (Å²) in [6.45, 7) is 9.59. The third kappa shape index (κ3) is 4.54. The van der Waals surface area contributed by atoms with Gasteiger partial charge < -0.3 is 14.2 Å². The molecule has 0 aromatic carbocycles. The lowest BCUT2D eigenvalue weighted by molar-refractivity contribution is -0.141. The zero-order valence-electron chi connectivity index (χ0n) is 14.7. The number of carbonyl (C=O) groups excluding carboxylic acids is 1. The van der Waals surface area contributed by atoms with Gasteiger partial charge in [0.1, 0.15) is 0 Å². The molecule has 1 amide bonds. The molecule has 0 bridgehead atoms. The smallest absolute Gasteiger partial charge is 0.240 e. The van der Waals surface area contributed by atoms with E-state index in [0.717, 1.165) is 51.3 Å².